The van der Waals surface area contributed by atoms with Crippen molar-refractivity contribution in [3.8, 4) is 0 Å². The summed E-state index contributed by atoms with van der Waals surface area (Å²) in [6.07, 6.45) is 0. The molecule has 7 heteroatoms. The van der Waals surface area contributed by atoms with Crippen molar-refractivity contribution in [3.05, 3.63) is 34.9 Å². The summed E-state index contributed by atoms with van der Waals surface area (Å²) in [5.41, 5.74) is 0.379. The molecule has 1 aromatic carbocycles. The van der Waals surface area contributed by atoms with Crippen LogP contribution in [-0.2, 0) is 0 Å². The van der Waals surface area contributed by atoms with E-state index in [1.807, 2.05) is 6.92 Å². The van der Waals surface area contributed by atoms with Gasteiger partial charge in [-0.25, -0.2) is 4.39 Å². The average Bonchev–Trinajstić information content (AvgIpc) is 2.81. The Balaban J connectivity index is 2.18. The summed E-state index contributed by atoms with van der Waals surface area (Å²) in [6.45, 7) is 1.88. The van der Waals surface area contributed by atoms with Gasteiger partial charge >= 0.3 is 6.01 Å². The Bertz CT molecular complexity index is 546. The molecule has 1 atom stereocenters. The van der Waals surface area contributed by atoms with Gasteiger partial charge in [0.1, 0.15) is 5.82 Å². The third kappa shape index (κ3) is 2.77. The highest BCUT2D eigenvalue weighted by molar-refractivity contribution is 6.33. The normalized spacial score (nSPS) is 12.4. The molecule has 0 spiro atoms. The molecule has 0 radical (unpaired) electrons. The second-order valence-corrected chi connectivity index (χ2v) is 4.11. The second kappa shape index (κ2) is 5.32. The van der Waals surface area contributed by atoms with E-state index in [1.165, 1.54) is 18.2 Å². The molecule has 2 N–H and O–H groups in total. The monoisotopic (exact) mass is 270 g/mol. The zero-order valence-electron chi connectivity index (χ0n) is 9.87. The SMILES string of the molecule is CNC(C)c1nnc(Nc2cc(F)ccc2Cl)o1. The summed E-state index contributed by atoms with van der Waals surface area (Å²) >= 11 is 5.91. The van der Waals surface area contributed by atoms with Crippen molar-refractivity contribution in [1.82, 2.24) is 15.5 Å². The van der Waals surface area contributed by atoms with E-state index >= 15 is 0 Å². The van der Waals surface area contributed by atoms with Crippen LogP contribution in [0.25, 0.3) is 0 Å². The van der Waals surface area contributed by atoms with E-state index in [0.717, 1.165) is 0 Å². The molecule has 5 nitrogen and oxygen atoms in total. The molecular formula is C11H12ClFN4O. The number of halogens is 2. The van der Waals surface area contributed by atoms with Crippen molar-refractivity contribution < 1.29 is 8.81 Å². The molecule has 0 bridgehead atoms. The number of rotatable bonds is 4. The quantitative estimate of drug-likeness (QED) is 0.894. The van der Waals surface area contributed by atoms with Gasteiger partial charge in [-0.05, 0) is 32.2 Å². The first-order valence-electron chi connectivity index (χ1n) is 5.33. The van der Waals surface area contributed by atoms with Crippen LogP contribution in [0.4, 0.5) is 16.1 Å². The summed E-state index contributed by atoms with van der Waals surface area (Å²) in [6, 6.07) is 4.09. The Kier molecular flexibility index (Phi) is 3.78. The summed E-state index contributed by atoms with van der Waals surface area (Å²) in [7, 11) is 1.78. The lowest BCUT2D eigenvalue weighted by molar-refractivity contribution is 0.443. The molecule has 2 rings (SSSR count). The fraction of sp³-hybridized carbons (Fsp3) is 0.273. The van der Waals surface area contributed by atoms with Gasteiger partial charge in [-0.3, -0.25) is 0 Å². The number of hydrogen-bond acceptors (Lipinski definition) is 5. The molecule has 0 saturated heterocycles. The molecule has 2 aromatic rings. The van der Waals surface area contributed by atoms with Crippen molar-refractivity contribution in [2.75, 3.05) is 12.4 Å². The molecule has 0 saturated carbocycles. The maximum Gasteiger partial charge on any atom is 0.320 e. The average molecular weight is 271 g/mol. The largest absolute Gasteiger partial charge is 0.406 e. The van der Waals surface area contributed by atoms with Crippen molar-refractivity contribution in [3.63, 3.8) is 0 Å². The number of benzene rings is 1. The maximum atomic E-state index is 13.1. The van der Waals surface area contributed by atoms with Crippen LogP contribution in [0.5, 0.6) is 0 Å². The van der Waals surface area contributed by atoms with Gasteiger partial charge in [-0.2, -0.15) is 0 Å². The highest BCUT2D eigenvalue weighted by atomic mass is 35.5. The fourth-order valence-corrected chi connectivity index (χ4v) is 1.46. The summed E-state index contributed by atoms with van der Waals surface area (Å²) in [5.74, 6) is 0.0396. The Hall–Kier alpha value is -1.66. The van der Waals surface area contributed by atoms with Gasteiger partial charge in [-0.1, -0.05) is 16.7 Å². The summed E-state index contributed by atoms with van der Waals surface area (Å²) in [4.78, 5) is 0. The molecule has 0 fully saturated rings. The first-order chi connectivity index (χ1) is 8.60. The smallest absolute Gasteiger partial charge is 0.320 e. The molecule has 1 aromatic heterocycles. The highest BCUT2D eigenvalue weighted by Crippen LogP contribution is 2.26. The van der Waals surface area contributed by atoms with Gasteiger partial charge in [0.05, 0.1) is 16.8 Å². The van der Waals surface area contributed by atoms with E-state index in [1.54, 1.807) is 7.05 Å². The second-order valence-electron chi connectivity index (χ2n) is 3.70. The van der Waals surface area contributed by atoms with Gasteiger partial charge in [0.15, 0.2) is 0 Å². The molecular weight excluding hydrogens is 259 g/mol. The van der Waals surface area contributed by atoms with Gasteiger partial charge in [-0.15, -0.1) is 5.10 Å². The number of hydrogen-bond donors (Lipinski definition) is 2. The Morgan fingerprint density at radius 2 is 2.17 bits per heavy atom. The molecule has 18 heavy (non-hydrogen) atoms. The van der Waals surface area contributed by atoms with Gasteiger partial charge in [0.2, 0.25) is 5.89 Å². The maximum absolute atomic E-state index is 13.1. The van der Waals surface area contributed by atoms with Gasteiger partial charge in [0, 0.05) is 0 Å². The topological polar surface area (TPSA) is 63.0 Å². The minimum Gasteiger partial charge on any atom is -0.406 e. The number of nitrogens with one attached hydrogen (secondary N) is 2. The zero-order valence-corrected chi connectivity index (χ0v) is 10.6. The van der Waals surface area contributed by atoms with E-state index < -0.39 is 5.82 Å². The van der Waals surface area contributed by atoms with E-state index in [4.69, 9.17) is 16.0 Å². The highest BCUT2D eigenvalue weighted by Gasteiger charge is 2.13. The van der Waals surface area contributed by atoms with Crippen molar-refractivity contribution in [2.24, 2.45) is 0 Å². The minimum atomic E-state index is -0.398. The lowest BCUT2D eigenvalue weighted by Gasteiger charge is -2.04. The predicted octanol–water partition coefficient (Wildman–Crippen LogP) is 2.89. The fourth-order valence-electron chi connectivity index (χ4n) is 1.29. The molecule has 0 amide bonds. The first-order valence-corrected chi connectivity index (χ1v) is 5.70. The number of nitrogens with zero attached hydrogens (tertiary/aromatic N) is 2. The van der Waals surface area contributed by atoms with Crippen LogP contribution < -0.4 is 10.6 Å². The Morgan fingerprint density at radius 3 is 2.89 bits per heavy atom. The van der Waals surface area contributed by atoms with E-state index in [2.05, 4.69) is 20.8 Å². The first kappa shape index (κ1) is 12.8. The van der Waals surface area contributed by atoms with Crippen LogP contribution in [0, 0.1) is 5.82 Å². The van der Waals surface area contributed by atoms with Crippen LogP contribution in [-0.4, -0.2) is 17.2 Å². The summed E-state index contributed by atoms with van der Waals surface area (Å²) < 4.78 is 18.4. The van der Waals surface area contributed by atoms with E-state index in [9.17, 15) is 4.39 Å². The minimum absolute atomic E-state index is 0.0592. The molecule has 0 aliphatic heterocycles. The van der Waals surface area contributed by atoms with Crippen LogP contribution in [0.15, 0.2) is 22.6 Å². The molecule has 1 heterocycles. The lowest BCUT2D eigenvalue weighted by atomic mass is 10.3. The molecule has 1 unspecified atom stereocenters. The van der Waals surface area contributed by atoms with Gasteiger partial charge in [0.25, 0.3) is 0 Å². The third-order valence-corrected chi connectivity index (χ3v) is 2.74. The predicted molar refractivity (Wildman–Crippen MR) is 66.5 cm³/mol. The summed E-state index contributed by atoms with van der Waals surface area (Å²) in [5, 5.41) is 13.8. The van der Waals surface area contributed by atoms with Crippen LogP contribution in [0.2, 0.25) is 5.02 Å². The van der Waals surface area contributed by atoms with Crippen LogP contribution in [0.1, 0.15) is 18.9 Å². The standard InChI is InChI=1S/C11H12ClFN4O/c1-6(14-2)10-16-17-11(18-10)15-9-5-7(13)3-4-8(9)12/h3-6,14H,1-2H3,(H,15,17). The van der Waals surface area contributed by atoms with Crippen LogP contribution >= 0.6 is 11.6 Å². The van der Waals surface area contributed by atoms with E-state index in [-0.39, 0.29) is 12.1 Å². The van der Waals surface area contributed by atoms with Crippen molar-refractivity contribution in [1.29, 1.82) is 0 Å². The molecule has 96 valence electrons. The number of anilines is 2. The van der Waals surface area contributed by atoms with E-state index in [0.29, 0.717) is 16.6 Å². The van der Waals surface area contributed by atoms with Crippen LogP contribution in [0.3, 0.4) is 0 Å². The lowest BCUT2D eigenvalue weighted by Crippen LogP contribution is -2.12. The number of aromatic nitrogens is 2. The van der Waals surface area contributed by atoms with Crippen molar-refractivity contribution in [2.45, 2.75) is 13.0 Å². The zero-order chi connectivity index (χ0) is 13.1. The van der Waals surface area contributed by atoms with Crippen molar-refractivity contribution >= 4 is 23.3 Å². The Morgan fingerprint density at radius 1 is 1.39 bits per heavy atom. The molecule has 0 aliphatic carbocycles. The molecule has 0 aliphatic rings. The third-order valence-electron chi connectivity index (χ3n) is 2.41. The van der Waals surface area contributed by atoms with Gasteiger partial charge < -0.3 is 15.1 Å². The Labute approximate surface area is 108 Å².